The van der Waals surface area contributed by atoms with Gasteiger partial charge in [0.1, 0.15) is 0 Å². The van der Waals surface area contributed by atoms with E-state index in [1.165, 1.54) is 5.56 Å². The first-order valence-corrected chi connectivity index (χ1v) is 5.85. The van der Waals surface area contributed by atoms with Gasteiger partial charge >= 0.3 is 0 Å². The monoisotopic (exact) mass is 222 g/mol. The van der Waals surface area contributed by atoms with Gasteiger partial charge < -0.3 is 10.4 Å². The molecule has 1 rings (SSSR count). The topological polar surface area (TPSA) is 35.5 Å². The van der Waals surface area contributed by atoms with E-state index in [9.17, 15) is 5.11 Å². The maximum absolute atomic E-state index is 9.72. The lowest BCUT2D eigenvalue weighted by molar-refractivity contribution is 0.112. The highest BCUT2D eigenvalue weighted by Crippen LogP contribution is 2.04. The maximum Gasteiger partial charge on any atom is 0.0791 e. The molecule has 16 heavy (non-hydrogen) atoms. The summed E-state index contributed by atoms with van der Waals surface area (Å²) in [6, 6.07) is 10.4. The Bertz CT molecular complexity index is 277. The third kappa shape index (κ3) is 4.75. The summed E-state index contributed by atoms with van der Waals surface area (Å²) in [7, 11) is 1.86. The highest BCUT2D eigenvalue weighted by molar-refractivity contribution is 5.14. The number of likely N-dealkylation sites (N-methyl/N-ethyl adjacent to an activating group) is 2. The Morgan fingerprint density at radius 3 is 2.56 bits per heavy atom. The molecule has 0 saturated carbocycles. The van der Waals surface area contributed by atoms with Gasteiger partial charge in [-0.05, 0) is 19.2 Å². The minimum Gasteiger partial charge on any atom is -0.390 e. The van der Waals surface area contributed by atoms with Crippen LogP contribution in [-0.4, -0.2) is 42.8 Å². The first-order valence-electron chi connectivity index (χ1n) is 5.85. The molecule has 3 heteroatoms. The standard InChI is InChI=1S/C13H22N2O/c1-3-15(11-13(16)9-14-2)10-12-7-5-4-6-8-12/h4-8,13-14,16H,3,9-11H2,1-2H3. The summed E-state index contributed by atoms with van der Waals surface area (Å²) >= 11 is 0. The molecule has 1 aromatic rings. The van der Waals surface area contributed by atoms with Crippen LogP contribution in [0.2, 0.25) is 0 Å². The summed E-state index contributed by atoms with van der Waals surface area (Å²) in [5.41, 5.74) is 1.29. The maximum atomic E-state index is 9.72. The zero-order valence-electron chi connectivity index (χ0n) is 10.2. The van der Waals surface area contributed by atoms with E-state index in [1.54, 1.807) is 0 Å². The third-order valence-corrected chi connectivity index (χ3v) is 2.60. The number of aliphatic hydroxyl groups excluding tert-OH is 1. The molecule has 1 aromatic carbocycles. The quantitative estimate of drug-likeness (QED) is 0.725. The summed E-state index contributed by atoms with van der Waals surface area (Å²) in [4.78, 5) is 2.25. The van der Waals surface area contributed by atoms with Gasteiger partial charge in [0.25, 0.3) is 0 Å². The molecule has 0 spiro atoms. The molecule has 1 unspecified atom stereocenters. The van der Waals surface area contributed by atoms with Crippen molar-refractivity contribution in [2.75, 3.05) is 26.7 Å². The number of hydrogen-bond donors (Lipinski definition) is 2. The van der Waals surface area contributed by atoms with Crippen LogP contribution < -0.4 is 5.32 Å². The molecular weight excluding hydrogens is 200 g/mol. The predicted octanol–water partition coefficient (Wildman–Crippen LogP) is 1.09. The first-order chi connectivity index (χ1) is 7.76. The molecule has 1 atom stereocenters. The number of benzene rings is 1. The van der Waals surface area contributed by atoms with Gasteiger partial charge in [-0.15, -0.1) is 0 Å². The van der Waals surface area contributed by atoms with Crippen LogP contribution >= 0.6 is 0 Å². The van der Waals surface area contributed by atoms with E-state index in [1.807, 2.05) is 25.2 Å². The fourth-order valence-electron chi connectivity index (χ4n) is 1.75. The van der Waals surface area contributed by atoms with Gasteiger partial charge in [0.2, 0.25) is 0 Å². The number of nitrogens with one attached hydrogen (secondary N) is 1. The highest BCUT2D eigenvalue weighted by atomic mass is 16.3. The Hall–Kier alpha value is -0.900. The Kier molecular flexibility index (Phi) is 6.08. The molecule has 0 radical (unpaired) electrons. The van der Waals surface area contributed by atoms with Crippen LogP contribution in [0.25, 0.3) is 0 Å². The Morgan fingerprint density at radius 2 is 2.00 bits per heavy atom. The molecule has 0 fully saturated rings. The van der Waals surface area contributed by atoms with Crippen LogP contribution in [0.5, 0.6) is 0 Å². The van der Waals surface area contributed by atoms with Crippen molar-refractivity contribution in [1.29, 1.82) is 0 Å². The molecule has 0 aliphatic rings. The number of hydrogen-bond acceptors (Lipinski definition) is 3. The smallest absolute Gasteiger partial charge is 0.0791 e. The van der Waals surface area contributed by atoms with Crippen molar-refractivity contribution in [1.82, 2.24) is 10.2 Å². The SMILES string of the molecule is CCN(Cc1ccccc1)CC(O)CNC. The zero-order valence-corrected chi connectivity index (χ0v) is 10.2. The zero-order chi connectivity index (χ0) is 11.8. The van der Waals surface area contributed by atoms with Crippen molar-refractivity contribution in [2.45, 2.75) is 19.6 Å². The molecule has 3 nitrogen and oxygen atoms in total. The highest BCUT2D eigenvalue weighted by Gasteiger charge is 2.09. The van der Waals surface area contributed by atoms with Gasteiger partial charge in [0.15, 0.2) is 0 Å². The molecule has 0 aliphatic heterocycles. The molecule has 90 valence electrons. The lowest BCUT2D eigenvalue weighted by Gasteiger charge is -2.23. The van der Waals surface area contributed by atoms with Gasteiger partial charge in [-0.25, -0.2) is 0 Å². The fourth-order valence-corrected chi connectivity index (χ4v) is 1.75. The minimum atomic E-state index is -0.298. The first kappa shape index (κ1) is 13.2. The summed E-state index contributed by atoms with van der Waals surface area (Å²) in [5.74, 6) is 0. The van der Waals surface area contributed by atoms with Gasteiger partial charge in [-0.2, -0.15) is 0 Å². The van der Waals surface area contributed by atoms with E-state index in [-0.39, 0.29) is 6.10 Å². The van der Waals surface area contributed by atoms with E-state index in [4.69, 9.17) is 0 Å². The second-order valence-corrected chi connectivity index (χ2v) is 4.02. The Balaban J connectivity index is 2.43. The van der Waals surface area contributed by atoms with E-state index < -0.39 is 0 Å². The predicted molar refractivity (Wildman–Crippen MR) is 67.3 cm³/mol. The van der Waals surface area contributed by atoms with Crippen molar-refractivity contribution >= 4 is 0 Å². The Labute approximate surface area is 98.1 Å². The molecule has 0 saturated heterocycles. The molecule has 2 N–H and O–H groups in total. The molecule has 0 heterocycles. The molecule has 0 amide bonds. The number of rotatable bonds is 7. The number of aliphatic hydroxyl groups is 1. The van der Waals surface area contributed by atoms with Crippen LogP contribution in [-0.2, 0) is 6.54 Å². The Morgan fingerprint density at radius 1 is 1.31 bits per heavy atom. The molecule has 0 bridgehead atoms. The van der Waals surface area contributed by atoms with Crippen LogP contribution in [0.1, 0.15) is 12.5 Å². The normalized spacial score (nSPS) is 13.0. The lowest BCUT2D eigenvalue weighted by atomic mass is 10.2. The van der Waals surface area contributed by atoms with Crippen LogP contribution in [0, 0.1) is 0 Å². The number of nitrogens with zero attached hydrogens (tertiary/aromatic N) is 1. The summed E-state index contributed by atoms with van der Waals surface area (Å²) in [6.07, 6.45) is -0.298. The fraction of sp³-hybridized carbons (Fsp3) is 0.538. The van der Waals surface area contributed by atoms with E-state index in [2.05, 4.69) is 29.3 Å². The van der Waals surface area contributed by atoms with E-state index >= 15 is 0 Å². The van der Waals surface area contributed by atoms with Gasteiger partial charge in [-0.1, -0.05) is 37.3 Å². The molecule has 0 aromatic heterocycles. The average molecular weight is 222 g/mol. The van der Waals surface area contributed by atoms with Crippen molar-refractivity contribution in [3.63, 3.8) is 0 Å². The average Bonchev–Trinajstić information content (AvgIpc) is 2.30. The largest absolute Gasteiger partial charge is 0.390 e. The molecule has 0 aliphatic carbocycles. The van der Waals surface area contributed by atoms with Crippen molar-refractivity contribution in [3.05, 3.63) is 35.9 Å². The van der Waals surface area contributed by atoms with Crippen LogP contribution in [0.15, 0.2) is 30.3 Å². The van der Waals surface area contributed by atoms with E-state index in [0.29, 0.717) is 13.1 Å². The van der Waals surface area contributed by atoms with Gasteiger partial charge in [0.05, 0.1) is 6.10 Å². The van der Waals surface area contributed by atoms with E-state index in [0.717, 1.165) is 13.1 Å². The van der Waals surface area contributed by atoms with Crippen molar-refractivity contribution < 1.29 is 5.11 Å². The second kappa shape index (κ2) is 7.39. The second-order valence-electron chi connectivity index (χ2n) is 4.02. The summed E-state index contributed by atoms with van der Waals surface area (Å²) in [6.45, 7) is 5.33. The van der Waals surface area contributed by atoms with Gasteiger partial charge in [0, 0.05) is 19.6 Å². The summed E-state index contributed by atoms with van der Waals surface area (Å²) in [5, 5.41) is 12.7. The van der Waals surface area contributed by atoms with Crippen molar-refractivity contribution in [2.24, 2.45) is 0 Å². The van der Waals surface area contributed by atoms with Crippen LogP contribution in [0.4, 0.5) is 0 Å². The summed E-state index contributed by atoms with van der Waals surface area (Å²) < 4.78 is 0. The van der Waals surface area contributed by atoms with Crippen LogP contribution in [0.3, 0.4) is 0 Å². The third-order valence-electron chi connectivity index (χ3n) is 2.60. The lowest BCUT2D eigenvalue weighted by Crippen LogP contribution is -2.37. The van der Waals surface area contributed by atoms with Gasteiger partial charge in [-0.3, -0.25) is 4.90 Å². The van der Waals surface area contributed by atoms with Crippen molar-refractivity contribution in [3.8, 4) is 0 Å². The minimum absolute atomic E-state index is 0.298. The molecular formula is C13H22N2O.